The second-order valence-corrected chi connectivity index (χ2v) is 6.49. The first-order valence-corrected chi connectivity index (χ1v) is 9.28. The summed E-state index contributed by atoms with van der Waals surface area (Å²) in [5.74, 6) is 0.662. The van der Waals surface area contributed by atoms with Gasteiger partial charge in [-0.2, -0.15) is 0 Å². The van der Waals surface area contributed by atoms with Gasteiger partial charge in [-0.25, -0.2) is 0 Å². The molecule has 0 saturated carbocycles. The third kappa shape index (κ3) is 4.59. The standard InChI is InChI=1S/C20H22ClN3O3/c1-3-24(4-2)17(14-7-9-15(21)10-8-14)13-22-20(25)16-12-19(27-23-16)18-6-5-11-26-18/h5-12,17H,3-4,13H2,1-2H3,(H,22,25). The van der Waals surface area contributed by atoms with Gasteiger partial charge in [-0.15, -0.1) is 0 Å². The molecule has 0 aliphatic carbocycles. The van der Waals surface area contributed by atoms with Crippen molar-refractivity contribution in [2.45, 2.75) is 19.9 Å². The number of benzene rings is 1. The van der Waals surface area contributed by atoms with Crippen LogP contribution in [0.15, 0.2) is 57.7 Å². The number of rotatable bonds is 8. The third-order valence-corrected chi connectivity index (χ3v) is 4.72. The molecule has 27 heavy (non-hydrogen) atoms. The number of halogens is 1. The summed E-state index contributed by atoms with van der Waals surface area (Å²) in [6.45, 7) is 6.38. The maximum Gasteiger partial charge on any atom is 0.273 e. The molecule has 0 aliphatic rings. The maximum atomic E-state index is 12.5. The molecule has 2 heterocycles. The number of amides is 1. The number of furan rings is 1. The average Bonchev–Trinajstić information content (AvgIpc) is 3.37. The number of aromatic nitrogens is 1. The van der Waals surface area contributed by atoms with Crippen LogP contribution in [0.2, 0.25) is 5.02 Å². The van der Waals surface area contributed by atoms with Gasteiger partial charge in [0.05, 0.1) is 12.3 Å². The predicted octanol–water partition coefficient (Wildman–Crippen LogP) is 4.40. The molecule has 142 valence electrons. The zero-order valence-electron chi connectivity index (χ0n) is 15.3. The largest absolute Gasteiger partial charge is 0.461 e. The Morgan fingerprint density at radius 1 is 1.19 bits per heavy atom. The van der Waals surface area contributed by atoms with Gasteiger partial charge in [0, 0.05) is 17.6 Å². The van der Waals surface area contributed by atoms with E-state index < -0.39 is 0 Å². The Kier molecular flexibility index (Phi) is 6.32. The van der Waals surface area contributed by atoms with Crippen LogP contribution in [0.25, 0.3) is 11.5 Å². The lowest BCUT2D eigenvalue weighted by Gasteiger charge is -2.30. The van der Waals surface area contributed by atoms with Crippen LogP contribution in [0.4, 0.5) is 0 Å². The highest BCUT2D eigenvalue weighted by atomic mass is 35.5. The Hall–Kier alpha value is -2.57. The normalized spacial score (nSPS) is 12.3. The van der Waals surface area contributed by atoms with Crippen LogP contribution in [0.5, 0.6) is 0 Å². The minimum absolute atomic E-state index is 0.0395. The number of hydrogen-bond acceptors (Lipinski definition) is 5. The summed E-state index contributed by atoms with van der Waals surface area (Å²) in [6, 6.07) is 12.8. The molecule has 6 nitrogen and oxygen atoms in total. The lowest BCUT2D eigenvalue weighted by atomic mass is 10.0. The summed E-state index contributed by atoms with van der Waals surface area (Å²) in [5.41, 5.74) is 1.32. The van der Waals surface area contributed by atoms with Crippen LogP contribution in [-0.2, 0) is 0 Å². The van der Waals surface area contributed by atoms with E-state index in [0.717, 1.165) is 18.7 Å². The summed E-state index contributed by atoms with van der Waals surface area (Å²) in [7, 11) is 0. The molecule has 1 aromatic carbocycles. The molecule has 0 aliphatic heterocycles. The van der Waals surface area contributed by atoms with Gasteiger partial charge in [0.1, 0.15) is 0 Å². The van der Waals surface area contributed by atoms with E-state index in [1.54, 1.807) is 24.5 Å². The van der Waals surface area contributed by atoms with E-state index in [4.69, 9.17) is 20.5 Å². The Labute approximate surface area is 163 Å². The molecule has 7 heteroatoms. The SMILES string of the molecule is CCN(CC)C(CNC(=O)c1cc(-c2ccco2)on1)c1ccc(Cl)cc1. The number of hydrogen-bond donors (Lipinski definition) is 1. The van der Waals surface area contributed by atoms with Crippen molar-refractivity contribution in [1.82, 2.24) is 15.4 Å². The van der Waals surface area contributed by atoms with Gasteiger partial charge in [0.25, 0.3) is 5.91 Å². The predicted molar refractivity (Wildman–Crippen MR) is 104 cm³/mol. The first-order chi connectivity index (χ1) is 13.1. The zero-order chi connectivity index (χ0) is 19.2. The van der Waals surface area contributed by atoms with Crippen molar-refractivity contribution in [3.05, 3.63) is 65.0 Å². The molecule has 1 unspecified atom stereocenters. The van der Waals surface area contributed by atoms with Gasteiger partial charge >= 0.3 is 0 Å². The topological polar surface area (TPSA) is 71.5 Å². The van der Waals surface area contributed by atoms with Crippen LogP contribution in [0, 0.1) is 0 Å². The van der Waals surface area contributed by atoms with E-state index >= 15 is 0 Å². The summed E-state index contributed by atoms with van der Waals surface area (Å²) in [5, 5.41) is 7.48. The Balaban J connectivity index is 1.71. The fraction of sp³-hybridized carbons (Fsp3) is 0.300. The van der Waals surface area contributed by atoms with Crippen molar-refractivity contribution in [2.24, 2.45) is 0 Å². The first kappa shape index (κ1) is 19.2. The third-order valence-electron chi connectivity index (χ3n) is 4.47. The number of carbonyl (C=O) groups excluding carboxylic acids is 1. The molecule has 0 bridgehead atoms. The monoisotopic (exact) mass is 387 g/mol. The fourth-order valence-corrected chi connectivity index (χ4v) is 3.13. The van der Waals surface area contributed by atoms with Gasteiger partial charge in [0.2, 0.25) is 5.76 Å². The van der Waals surface area contributed by atoms with Gasteiger partial charge in [-0.05, 0) is 42.9 Å². The van der Waals surface area contributed by atoms with Gasteiger partial charge in [-0.3, -0.25) is 9.69 Å². The highest BCUT2D eigenvalue weighted by Gasteiger charge is 2.21. The summed E-state index contributed by atoms with van der Waals surface area (Å²) in [4.78, 5) is 14.8. The van der Waals surface area contributed by atoms with Crippen molar-refractivity contribution in [3.63, 3.8) is 0 Å². The molecule has 1 amide bonds. The maximum absolute atomic E-state index is 12.5. The molecule has 0 spiro atoms. The molecule has 1 atom stereocenters. The summed E-state index contributed by atoms with van der Waals surface area (Å²) >= 11 is 6.01. The van der Waals surface area contributed by atoms with E-state index in [1.807, 2.05) is 24.3 Å². The first-order valence-electron chi connectivity index (χ1n) is 8.90. The van der Waals surface area contributed by atoms with E-state index in [9.17, 15) is 4.79 Å². The molecular weight excluding hydrogens is 366 g/mol. The smallest absolute Gasteiger partial charge is 0.273 e. The Morgan fingerprint density at radius 3 is 2.56 bits per heavy atom. The fourth-order valence-electron chi connectivity index (χ4n) is 3.00. The van der Waals surface area contributed by atoms with Gasteiger partial charge < -0.3 is 14.3 Å². The zero-order valence-corrected chi connectivity index (χ0v) is 16.1. The van der Waals surface area contributed by atoms with Crippen molar-refractivity contribution in [3.8, 4) is 11.5 Å². The highest BCUT2D eigenvalue weighted by Crippen LogP contribution is 2.23. The molecule has 1 N–H and O–H groups in total. The van der Waals surface area contributed by atoms with E-state index in [-0.39, 0.29) is 17.6 Å². The molecule has 0 radical (unpaired) electrons. The summed E-state index contributed by atoms with van der Waals surface area (Å²) < 4.78 is 10.5. The second kappa shape index (κ2) is 8.88. The lowest BCUT2D eigenvalue weighted by Crippen LogP contribution is -2.38. The van der Waals surface area contributed by atoms with Gasteiger partial charge in [-0.1, -0.05) is 42.7 Å². The number of carbonyl (C=O) groups is 1. The number of nitrogens with zero attached hydrogens (tertiary/aromatic N) is 2. The van der Waals surface area contributed by atoms with Crippen LogP contribution < -0.4 is 5.32 Å². The Bertz CT molecular complexity index is 855. The minimum Gasteiger partial charge on any atom is -0.461 e. The molecule has 2 aromatic heterocycles. The molecular formula is C20H22ClN3O3. The summed E-state index contributed by atoms with van der Waals surface area (Å²) in [6.07, 6.45) is 1.54. The molecule has 3 aromatic rings. The number of nitrogens with one attached hydrogen (secondary N) is 1. The van der Waals surface area contributed by atoms with E-state index in [1.165, 1.54) is 0 Å². The van der Waals surface area contributed by atoms with Crippen molar-refractivity contribution in [1.29, 1.82) is 0 Å². The molecule has 3 rings (SSSR count). The van der Waals surface area contributed by atoms with Crippen molar-refractivity contribution >= 4 is 17.5 Å². The Morgan fingerprint density at radius 2 is 1.93 bits per heavy atom. The van der Waals surface area contributed by atoms with Crippen molar-refractivity contribution < 1.29 is 13.7 Å². The second-order valence-electron chi connectivity index (χ2n) is 6.05. The van der Waals surface area contributed by atoms with Crippen molar-refractivity contribution in [2.75, 3.05) is 19.6 Å². The molecule has 0 saturated heterocycles. The quantitative estimate of drug-likeness (QED) is 0.620. The van der Waals surface area contributed by atoms with Crippen LogP contribution in [-0.4, -0.2) is 35.6 Å². The minimum atomic E-state index is -0.289. The van der Waals surface area contributed by atoms with E-state index in [0.29, 0.717) is 23.1 Å². The van der Waals surface area contributed by atoms with Gasteiger partial charge in [0.15, 0.2) is 11.5 Å². The number of likely N-dealkylation sites (N-methyl/N-ethyl adjacent to an activating group) is 1. The molecule has 0 fully saturated rings. The van der Waals surface area contributed by atoms with Crippen LogP contribution in [0.3, 0.4) is 0 Å². The van der Waals surface area contributed by atoms with Crippen LogP contribution in [0.1, 0.15) is 35.9 Å². The highest BCUT2D eigenvalue weighted by molar-refractivity contribution is 6.30. The average molecular weight is 388 g/mol. The van der Waals surface area contributed by atoms with E-state index in [2.05, 4.69) is 29.2 Å². The lowest BCUT2D eigenvalue weighted by molar-refractivity contribution is 0.0926. The van der Waals surface area contributed by atoms with Crippen LogP contribution >= 0.6 is 11.6 Å².